The first-order valence-electron chi connectivity index (χ1n) is 7.00. The topological polar surface area (TPSA) is 73.0 Å². The van der Waals surface area contributed by atoms with E-state index in [0.717, 1.165) is 5.69 Å². The summed E-state index contributed by atoms with van der Waals surface area (Å²) in [7, 11) is 0. The predicted molar refractivity (Wildman–Crippen MR) is 82.1 cm³/mol. The maximum atomic E-state index is 12.3. The Hall–Kier alpha value is -2.89. The molecule has 6 heteroatoms. The molecule has 0 saturated heterocycles. The van der Waals surface area contributed by atoms with Crippen LogP contribution in [-0.2, 0) is 0 Å². The van der Waals surface area contributed by atoms with E-state index in [9.17, 15) is 4.79 Å². The van der Waals surface area contributed by atoms with Crippen LogP contribution in [0.2, 0.25) is 0 Å². The number of hydrogen-bond donors (Lipinski definition) is 1. The van der Waals surface area contributed by atoms with Crippen LogP contribution in [0.5, 0.6) is 0 Å². The lowest BCUT2D eigenvalue weighted by Gasteiger charge is -2.08. The van der Waals surface area contributed by atoms with Gasteiger partial charge in [0, 0.05) is 24.0 Å². The molecule has 0 aliphatic carbocycles. The van der Waals surface area contributed by atoms with Gasteiger partial charge in [-0.15, -0.1) is 0 Å². The van der Waals surface area contributed by atoms with Gasteiger partial charge in [0.1, 0.15) is 5.76 Å². The van der Waals surface area contributed by atoms with Crippen LogP contribution in [0.3, 0.4) is 0 Å². The fourth-order valence-corrected chi connectivity index (χ4v) is 2.17. The fourth-order valence-electron chi connectivity index (χ4n) is 2.17. The number of carbonyl (C=O) groups excluding carboxylic acids is 1. The highest BCUT2D eigenvalue weighted by Gasteiger charge is 2.19. The van der Waals surface area contributed by atoms with Crippen LogP contribution < -0.4 is 5.32 Å². The third-order valence-electron chi connectivity index (χ3n) is 3.21. The number of nitrogens with one attached hydrogen (secondary N) is 1. The summed E-state index contributed by atoms with van der Waals surface area (Å²) in [5, 5.41) is 7.01. The zero-order valence-electron chi connectivity index (χ0n) is 12.4. The van der Waals surface area contributed by atoms with Gasteiger partial charge < -0.3 is 9.73 Å². The molecular formula is C16H16N4O2. The van der Waals surface area contributed by atoms with Crippen molar-refractivity contribution < 1.29 is 9.21 Å². The molecule has 3 rings (SSSR count). The average Bonchev–Trinajstić information content (AvgIpc) is 3.19. The number of hydrogen-bond acceptors (Lipinski definition) is 4. The monoisotopic (exact) mass is 296 g/mol. The Labute approximate surface area is 127 Å². The van der Waals surface area contributed by atoms with Crippen LogP contribution in [0.25, 0.3) is 5.69 Å². The summed E-state index contributed by atoms with van der Waals surface area (Å²) in [5.74, 6) is 0.398. The summed E-state index contributed by atoms with van der Waals surface area (Å²) in [6.07, 6.45) is 4.84. The molecule has 2 aromatic heterocycles. The maximum absolute atomic E-state index is 12.3. The van der Waals surface area contributed by atoms with E-state index in [2.05, 4.69) is 15.4 Å². The molecule has 0 radical (unpaired) electrons. The van der Waals surface area contributed by atoms with Crippen LogP contribution in [0.4, 0.5) is 5.69 Å². The Balaban J connectivity index is 1.83. The molecule has 0 spiro atoms. The van der Waals surface area contributed by atoms with Crippen molar-refractivity contribution in [3.8, 4) is 5.69 Å². The molecule has 2 heterocycles. The number of amides is 1. The molecule has 1 aromatic carbocycles. The minimum Gasteiger partial charge on any atom is -0.447 e. The number of carbonyl (C=O) groups is 1. The zero-order chi connectivity index (χ0) is 15.5. The van der Waals surface area contributed by atoms with E-state index in [4.69, 9.17) is 4.42 Å². The molecule has 1 N–H and O–H groups in total. The highest BCUT2D eigenvalue weighted by atomic mass is 16.3. The quantitative estimate of drug-likeness (QED) is 0.802. The average molecular weight is 296 g/mol. The Morgan fingerprint density at radius 3 is 2.91 bits per heavy atom. The lowest BCUT2D eigenvalue weighted by molar-refractivity contribution is 0.102. The zero-order valence-corrected chi connectivity index (χ0v) is 12.4. The highest BCUT2D eigenvalue weighted by molar-refractivity contribution is 6.03. The predicted octanol–water partition coefficient (Wildman–Crippen LogP) is 3.24. The minimum atomic E-state index is -0.282. The van der Waals surface area contributed by atoms with Crippen molar-refractivity contribution in [3.05, 3.63) is 60.6 Å². The van der Waals surface area contributed by atoms with E-state index >= 15 is 0 Å². The summed E-state index contributed by atoms with van der Waals surface area (Å²) in [4.78, 5) is 16.4. The molecule has 0 bridgehead atoms. The van der Waals surface area contributed by atoms with E-state index in [1.54, 1.807) is 10.9 Å². The molecule has 0 aliphatic rings. The molecule has 22 heavy (non-hydrogen) atoms. The summed E-state index contributed by atoms with van der Waals surface area (Å²) in [6, 6.07) is 9.28. The van der Waals surface area contributed by atoms with Crippen LogP contribution in [0.15, 0.2) is 53.5 Å². The van der Waals surface area contributed by atoms with Crippen molar-refractivity contribution in [2.45, 2.75) is 19.8 Å². The SMILES string of the molecule is CC(C)c1ocnc1C(=O)Nc1cccc(-n2cccn2)c1. The number of nitrogens with zero attached hydrogens (tertiary/aromatic N) is 3. The van der Waals surface area contributed by atoms with Gasteiger partial charge in [-0.2, -0.15) is 5.10 Å². The summed E-state index contributed by atoms with van der Waals surface area (Å²) in [6.45, 7) is 3.91. The molecule has 3 aromatic rings. The number of anilines is 1. The molecule has 1 amide bonds. The van der Waals surface area contributed by atoms with Crippen molar-refractivity contribution >= 4 is 11.6 Å². The Morgan fingerprint density at radius 1 is 1.32 bits per heavy atom. The summed E-state index contributed by atoms with van der Waals surface area (Å²) >= 11 is 0. The Morgan fingerprint density at radius 2 is 2.18 bits per heavy atom. The van der Waals surface area contributed by atoms with Gasteiger partial charge in [0.15, 0.2) is 12.1 Å². The van der Waals surface area contributed by atoms with Crippen LogP contribution in [0, 0.1) is 0 Å². The third kappa shape index (κ3) is 2.76. The van der Waals surface area contributed by atoms with Crippen LogP contribution in [-0.4, -0.2) is 20.7 Å². The first-order valence-corrected chi connectivity index (χ1v) is 7.00. The molecule has 0 fully saturated rings. The maximum Gasteiger partial charge on any atom is 0.277 e. The van der Waals surface area contributed by atoms with E-state index in [1.165, 1.54) is 6.39 Å². The second-order valence-electron chi connectivity index (χ2n) is 5.18. The standard InChI is InChI=1S/C16H16N4O2/c1-11(2)15-14(17-10-22-15)16(21)19-12-5-3-6-13(9-12)20-8-4-7-18-20/h3-11H,1-2H3,(H,19,21). The van der Waals surface area contributed by atoms with Crippen molar-refractivity contribution in [2.24, 2.45) is 0 Å². The molecule has 0 saturated carbocycles. The van der Waals surface area contributed by atoms with Gasteiger partial charge in [-0.05, 0) is 24.3 Å². The van der Waals surface area contributed by atoms with Crippen molar-refractivity contribution in [1.29, 1.82) is 0 Å². The second-order valence-corrected chi connectivity index (χ2v) is 5.18. The van der Waals surface area contributed by atoms with E-state index < -0.39 is 0 Å². The highest BCUT2D eigenvalue weighted by Crippen LogP contribution is 2.20. The fraction of sp³-hybridized carbons (Fsp3) is 0.188. The first-order chi connectivity index (χ1) is 10.6. The summed E-state index contributed by atoms with van der Waals surface area (Å²) in [5.41, 5.74) is 1.86. The van der Waals surface area contributed by atoms with Gasteiger partial charge >= 0.3 is 0 Å². The second kappa shape index (κ2) is 5.85. The van der Waals surface area contributed by atoms with E-state index in [-0.39, 0.29) is 11.8 Å². The van der Waals surface area contributed by atoms with Crippen molar-refractivity contribution in [2.75, 3.05) is 5.32 Å². The largest absolute Gasteiger partial charge is 0.447 e. The van der Waals surface area contributed by atoms with Gasteiger partial charge in [-0.1, -0.05) is 19.9 Å². The molecule has 0 atom stereocenters. The smallest absolute Gasteiger partial charge is 0.277 e. The number of benzene rings is 1. The van der Waals surface area contributed by atoms with Crippen molar-refractivity contribution in [1.82, 2.24) is 14.8 Å². The number of oxazole rings is 1. The molecular weight excluding hydrogens is 280 g/mol. The van der Waals surface area contributed by atoms with Gasteiger partial charge in [-0.3, -0.25) is 4.79 Å². The minimum absolute atomic E-state index is 0.0960. The molecule has 6 nitrogen and oxygen atoms in total. The molecule has 0 unspecified atom stereocenters. The number of aromatic nitrogens is 3. The summed E-state index contributed by atoms with van der Waals surface area (Å²) < 4.78 is 7.01. The Kier molecular flexibility index (Phi) is 3.74. The van der Waals surface area contributed by atoms with E-state index in [0.29, 0.717) is 17.1 Å². The first kappa shape index (κ1) is 14.1. The van der Waals surface area contributed by atoms with Crippen LogP contribution >= 0.6 is 0 Å². The molecule has 112 valence electrons. The number of rotatable bonds is 4. The molecule has 0 aliphatic heterocycles. The van der Waals surface area contributed by atoms with Gasteiger partial charge in [0.2, 0.25) is 0 Å². The normalized spacial score (nSPS) is 10.9. The van der Waals surface area contributed by atoms with E-state index in [1.807, 2.05) is 50.4 Å². The van der Waals surface area contributed by atoms with Gasteiger partial charge in [0.25, 0.3) is 5.91 Å². The third-order valence-corrected chi connectivity index (χ3v) is 3.21. The lowest BCUT2D eigenvalue weighted by Crippen LogP contribution is -2.15. The lowest BCUT2D eigenvalue weighted by atomic mass is 10.1. The van der Waals surface area contributed by atoms with Crippen LogP contribution in [0.1, 0.15) is 36.0 Å². The van der Waals surface area contributed by atoms with Gasteiger partial charge in [0.05, 0.1) is 5.69 Å². The van der Waals surface area contributed by atoms with Crippen molar-refractivity contribution in [3.63, 3.8) is 0 Å². The Bertz CT molecular complexity index is 775. The van der Waals surface area contributed by atoms with Gasteiger partial charge in [-0.25, -0.2) is 9.67 Å².